The van der Waals surface area contributed by atoms with Crippen molar-refractivity contribution in [2.45, 2.75) is 303 Å². The quantitative estimate of drug-likeness (QED) is 0.0261. The van der Waals surface area contributed by atoms with Gasteiger partial charge in [0.15, 0.2) is 6.10 Å². The SMILES string of the molecule is CC/C=C\C/C=C\C/C=C\C/C=C\C/C=C\C/C=C\C/C=C\CCCCCC(=O)OC(COC(=O)CCCCCCC/C=C\CCCCC)COC(=O)CCCCCCCCCCCCCCCC/C=C\C/C=C\C/C=C\C/C=C\CC. The maximum atomic E-state index is 12.9. The Kier molecular flexibility index (Phi) is 64.8. The Morgan fingerprint density at radius 1 is 0.256 bits per heavy atom. The predicted molar refractivity (Wildman–Crippen MR) is 357 cm³/mol. The number of esters is 3. The molecule has 0 aliphatic heterocycles. The van der Waals surface area contributed by atoms with Crippen LogP contribution >= 0.6 is 0 Å². The van der Waals surface area contributed by atoms with Gasteiger partial charge in [-0.05, 0) is 141 Å². The van der Waals surface area contributed by atoms with E-state index in [-0.39, 0.29) is 37.5 Å². The molecule has 1 unspecified atom stereocenters. The molecule has 0 bridgehead atoms. The van der Waals surface area contributed by atoms with Crippen LogP contribution in [0.2, 0.25) is 0 Å². The van der Waals surface area contributed by atoms with Gasteiger partial charge in [0.05, 0.1) is 0 Å². The third kappa shape index (κ3) is 66.1. The second-order valence-electron chi connectivity index (χ2n) is 22.0. The lowest BCUT2D eigenvalue weighted by atomic mass is 10.0. The van der Waals surface area contributed by atoms with Crippen molar-refractivity contribution in [3.8, 4) is 0 Å². The van der Waals surface area contributed by atoms with E-state index in [0.29, 0.717) is 12.8 Å². The summed E-state index contributed by atoms with van der Waals surface area (Å²) in [5.74, 6) is -0.938. The molecule has 0 N–H and O–H groups in total. The van der Waals surface area contributed by atoms with Gasteiger partial charge >= 0.3 is 17.9 Å². The van der Waals surface area contributed by atoms with Crippen LogP contribution in [0.15, 0.2) is 146 Å². The lowest BCUT2D eigenvalue weighted by molar-refractivity contribution is -0.167. The fourth-order valence-corrected chi connectivity index (χ4v) is 9.06. The van der Waals surface area contributed by atoms with Gasteiger partial charge < -0.3 is 14.2 Å². The van der Waals surface area contributed by atoms with Gasteiger partial charge in [-0.3, -0.25) is 14.4 Å². The van der Waals surface area contributed by atoms with Crippen LogP contribution in [-0.4, -0.2) is 37.2 Å². The molecule has 0 aromatic carbocycles. The molecule has 0 amide bonds. The molecule has 1 atom stereocenters. The van der Waals surface area contributed by atoms with Crippen LogP contribution in [-0.2, 0) is 28.6 Å². The largest absolute Gasteiger partial charge is 0.462 e. The van der Waals surface area contributed by atoms with Gasteiger partial charge in [-0.25, -0.2) is 0 Å². The third-order valence-electron chi connectivity index (χ3n) is 14.1. The van der Waals surface area contributed by atoms with Crippen LogP contribution in [0.5, 0.6) is 0 Å². The molecule has 0 saturated heterocycles. The Morgan fingerprint density at radius 2 is 0.476 bits per heavy atom. The fourth-order valence-electron chi connectivity index (χ4n) is 9.06. The summed E-state index contributed by atoms with van der Waals surface area (Å²) < 4.78 is 16.9. The molecule has 0 aliphatic carbocycles. The minimum atomic E-state index is -0.806. The minimum Gasteiger partial charge on any atom is -0.462 e. The van der Waals surface area contributed by atoms with E-state index >= 15 is 0 Å². The number of unbranched alkanes of at least 4 members (excludes halogenated alkanes) is 25. The second-order valence-corrected chi connectivity index (χ2v) is 22.0. The highest BCUT2D eigenvalue weighted by molar-refractivity contribution is 5.71. The van der Waals surface area contributed by atoms with E-state index in [1.165, 1.54) is 109 Å². The number of hydrogen-bond acceptors (Lipinski definition) is 6. The molecule has 0 spiro atoms. The number of ether oxygens (including phenoxy) is 3. The van der Waals surface area contributed by atoms with Crippen LogP contribution in [0.1, 0.15) is 297 Å². The Hall–Kier alpha value is -4.71. The van der Waals surface area contributed by atoms with E-state index in [1.807, 2.05) is 0 Å². The van der Waals surface area contributed by atoms with E-state index in [4.69, 9.17) is 14.2 Å². The molecule has 0 aromatic rings. The number of hydrogen-bond donors (Lipinski definition) is 0. The van der Waals surface area contributed by atoms with Gasteiger partial charge in [0.1, 0.15) is 13.2 Å². The van der Waals surface area contributed by atoms with Gasteiger partial charge in [-0.1, -0.05) is 282 Å². The standard InChI is InChI=1S/C76H124O6/c1-4-7-10-13-16-19-22-25-27-29-31-33-35-37-38-40-41-43-45-47-49-51-54-57-60-63-66-69-75(78)81-72-73(71-80-74(77)68-65-62-59-56-53-24-21-18-15-12-9-6-3)82-76(79)70-67-64-61-58-55-52-50-48-46-44-42-39-36-34-32-30-28-26-23-20-17-14-11-8-5-2/h7-8,10-11,16-21,25-28,31-34,39,42,46,48,52,55,73H,4-6,9,12-15,22-24,29-30,35-38,40-41,43-45,47,49-51,53-54,56-72H2,1-3H3/b10-7-,11-8-,19-16-,20-17-,21-18-,27-25-,28-26-,33-31-,34-32-,42-39-,48-46-,55-52-. The van der Waals surface area contributed by atoms with E-state index in [0.717, 1.165) is 148 Å². The molecule has 0 heterocycles. The molecule has 0 fully saturated rings. The highest BCUT2D eigenvalue weighted by atomic mass is 16.6. The topological polar surface area (TPSA) is 78.9 Å². The van der Waals surface area contributed by atoms with Crippen molar-refractivity contribution >= 4 is 17.9 Å². The van der Waals surface area contributed by atoms with Gasteiger partial charge in [0.25, 0.3) is 0 Å². The highest BCUT2D eigenvalue weighted by Gasteiger charge is 2.19. The van der Waals surface area contributed by atoms with Crippen molar-refractivity contribution < 1.29 is 28.6 Å². The Balaban J connectivity index is 4.36. The van der Waals surface area contributed by atoms with Crippen LogP contribution in [0.4, 0.5) is 0 Å². The van der Waals surface area contributed by atoms with E-state index in [9.17, 15) is 14.4 Å². The van der Waals surface area contributed by atoms with Crippen LogP contribution in [0.3, 0.4) is 0 Å². The lowest BCUT2D eigenvalue weighted by Gasteiger charge is -2.18. The van der Waals surface area contributed by atoms with Crippen LogP contribution in [0, 0.1) is 0 Å². The number of allylic oxidation sites excluding steroid dienone is 24. The maximum absolute atomic E-state index is 12.9. The van der Waals surface area contributed by atoms with E-state index in [1.54, 1.807) is 0 Å². The lowest BCUT2D eigenvalue weighted by Crippen LogP contribution is -2.30. The number of rotatable bonds is 60. The maximum Gasteiger partial charge on any atom is 0.306 e. The summed E-state index contributed by atoms with van der Waals surface area (Å²) in [5, 5.41) is 0. The first-order valence-electron chi connectivity index (χ1n) is 33.8. The summed E-state index contributed by atoms with van der Waals surface area (Å²) >= 11 is 0. The van der Waals surface area contributed by atoms with Crippen LogP contribution < -0.4 is 0 Å². The molecule has 464 valence electrons. The summed E-state index contributed by atoms with van der Waals surface area (Å²) in [6.45, 7) is 6.37. The van der Waals surface area contributed by atoms with Crippen molar-refractivity contribution in [1.29, 1.82) is 0 Å². The minimum absolute atomic E-state index is 0.0981. The van der Waals surface area contributed by atoms with Crippen molar-refractivity contribution in [1.82, 2.24) is 0 Å². The fraction of sp³-hybridized carbons (Fsp3) is 0.645. The molecule has 0 radical (unpaired) electrons. The average molecular weight is 1130 g/mol. The molecule has 6 heteroatoms. The zero-order valence-corrected chi connectivity index (χ0v) is 53.2. The Labute approximate surface area is 506 Å². The average Bonchev–Trinajstić information content (AvgIpc) is 3.47. The van der Waals surface area contributed by atoms with Gasteiger partial charge in [0, 0.05) is 19.3 Å². The monoisotopic (exact) mass is 1130 g/mol. The zero-order valence-electron chi connectivity index (χ0n) is 53.2. The number of carbonyl (C=O) groups excluding carboxylic acids is 3. The highest BCUT2D eigenvalue weighted by Crippen LogP contribution is 2.16. The Morgan fingerprint density at radius 3 is 0.768 bits per heavy atom. The molecular weight excluding hydrogens is 1010 g/mol. The summed E-state index contributed by atoms with van der Waals surface area (Å²) in [7, 11) is 0. The summed E-state index contributed by atoms with van der Waals surface area (Å²) in [4.78, 5) is 38.4. The van der Waals surface area contributed by atoms with E-state index in [2.05, 4.69) is 167 Å². The normalized spacial score (nSPS) is 13.1. The summed E-state index contributed by atoms with van der Waals surface area (Å²) in [5.41, 5.74) is 0. The van der Waals surface area contributed by atoms with E-state index < -0.39 is 6.10 Å². The first-order chi connectivity index (χ1) is 40.5. The molecule has 0 rings (SSSR count). The molecular formula is C76H124O6. The molecule has 0 aliphatic rings. The predicted octanol–water partition coefficient (Wildman–Crippen LogP) is 23.5. The zero-order chi connectivity index (χ0) is 59.2. The molecule has 6 nitrogen and oxygen atoms in total. The van der Waals surface area contributed by atoms with Gasteiger partial charge in [-0.15, -0.1) is 0 Å². The van der Waals surface area contributed by atoms with Crippen molar-refractivity contribution in [3.05, 3.63) is 146 Å². The molecule has 82 heavy (non-hydrogen) atoms. The first-order valence-corrected chi connectivity index (χ1v) is 33.8. The number of carbonyl (C=O) groups is 3. The second kappa shape index (κ2) is 68.8. The smallest absolute Gasteiger partial charge is 0.306 e. The first kappa shape index (κ1) is 77.3. The Bertz CT molecular complexity index is 1780. The van der Waals surface area contributed by atoms with Gasteiger partial charge in [0.2, 0.25) is 0 Å². The van der Waals surface area contributed by atoms with Crippen molar-refractivity contribution in [2.24, 2.45) is 0 Å². The van der Waals surface area contributed by atoms with Crippen molar-refractivity contribution in [2.75, 3.05) is 13.2 Å². The molecule has 0 saturated carbocycles. The summed E-state index contributed by atoms with van der Waals surface area (Å²) in [6.07, 6.45) is 98.6. The summed E-state index contributed by atoms with van der Waals surface area (Å²) in [6, 6.07) is 0. The van der Waals surface area contributed by atoms with Crippen LogP contribution in [0.25, 0.3) is 0 Å². The van der Waals surface area contributed by atoms with Gasteiger partial charge in [-0.2, -0.15) is 0 Å². The molecule has 0 aromatic heterocycles. The third-order valence-corrected chi connectivity index (χ3v) is 14.1. The van der Waals surface area contributed by atoms with Crippen molar-refractivity contribution in [3.63, 3.8) is 0 Å².